The van der Waals surface area contributed by atoms with E-state index < -0.39 is 0 Å². The second kappa shape index (κ2) is 10.3. The highest BCUT2D eigenvalue weighted by Crippen LogP contribution is 2.22. The van der Waals surface area contributed by atoms with Gasteiger partial charge in [0.15, 0.2) is 5.96 Å². The molecule has 2 aliphatic rings. The Morgan fingerprint density at radius 2 is 2.20 bits per heavy atom. The Morgan fingerprint density at radius 1 is 1.36 bits per heavy atom. The number of aliphatic imine (C=N–C) groups is 1. The summed E-state index contributed by atoms with van der Waals surface area (Å²) in [5, 5.41) is 6.55. The van der Waals surface area contributed by atoms with Crippen molar-refractivity contribution in [1.82, 2.24) is 15.5 Å². The van der Waals surface area contributed by atoms with Crippen LogP contribution in [0.25, 0.3) is 0 Å². The molecule has 0 aromatic heterocycles. The average molecular weight is 462 g/mol. The third kappa shape index (κ3) is 5.79. The lowest BCUT2D eigenvalue weighted by atomic mass is 10.1. The summed E-state index contributed by atoms with van der Waals surface area (Å²) in [5.41, 5.74) is 0.719. The van der Waals surface area contributed by atoms with Crippen molar-refractivity contribution in [1.29, 1.82) is 0 Å². The highest BCUT2D eigenvalue weighted by Gasteiger charge is 2.32. The lowest BCUT2D eigenvalue weighted by molar-refractivity contribution is -0.0453. The summed E-state index contributed by atoms with van der Waals surface area (Å²) in [6.07, 6.45) is 3.37. The number of morpholine rings is 1. The molecule has 2 heterocycles. The predicted molar refractivity (Wildman–Crippen MR) is 109 cm³/mol. The molecule has 140 valence electrons. The first-order valence-electron chi connectivity index (χ1n) is 8.80. The Morgan fingerprint density at radius 3 is 3.00 bits per heavy atom. The van der Waals surface area contributed by atoms with Gasteiger partial charge < -0.3 is 15.4 Å². The quantitative estimate of drug-likeness (QED) is 0.400. The second-order valence-electron chi connectivity index (χ2n) is 6.47. The van der Waals surface area contributed by atoms with Crippen LogP contribution in [-0.4, -0.2) is 62.8 Å². The van der Waals surface area contributed by atoms with Crippen molar-refractivity contribution < 1.29 is 9.13 Å². The van der Waals surface area contributed by atoms with Crippen molar-refractivity contribution in [3.63, 3.8) is 0 Å². The monoisotopic (exact) mass is 462 g/mol. The van der Waals surface area contributed by atoms with Gasteiger partial charge in [-0.15, -0.1) is 24.0 Å². The first kappa shape index (κ1) is 20.4. The first-order valence-corrected chi connectivity index (χ1v) is 8.80. The molecule has 0 radical (unpaired) electrons. The summed E-state index contributed by atoms with van der Waals surface area (Å²) < 4.78 is 19.5. The molecule has 2 unspecified atom stereocenters. The zero-order valence-electron chi connectivity index (χ0n) is 14.7. The summed E-state index contributed by atoms with van der Waals surface area (Å²) in [6, 6.07) is 7.50. The summed E-state index contributed by atoms with van der Waals surface area (Å²) in [6.45, 7) is 4.40. The fourth-order valence-corrected chi connectivity index (χ4v) is 3.46. The van der Waals surface area contributed by atoms with E-state index in [9.17, 15) is 4.39 Å². The van der Waals surface area contributed by atoms with Crippen LogP contribution in [0.15, 0.2) is 29.3 Å². The molecular formula is C18H28FIN4O. The van der Waals surface area contributed by atoms with Gasteiger partial charge in [0, 0.05) is 32.7 Å². The number of ether oxygens (including phenoxy) is 1. The van der Waals surface area contributed by atoms with Gasteiger partial charge in [-0.3, -0.25) is 9.89 Å². The summed E-state index contributed by atoms with van der Waals surface area (Å²) in [5.74, 6) is 0.580. The molecular weight excluding hydrogens is 434 g/mol. The van der Waals surface area contributed by atoms with Gasteiger partial charge in [0.1, 0.15) is 5.82 Å². The van der Waals surface area contributed by atoms with Gasteiger partial charge in [-0.25, -0.2) is 4.39 Å². The molecule has 2 saturated heterocycles. The van der Waals surface area contributed by atoms with Crippen LogP contribution in [-0.2, 0) is 11.2 Å². The van der Waals surface area contributed by atoms with E-state index in [1.54, 1.807) is 13.1 Å². The van der Waals surface area contributed by atoms with Crippen molar-refractivity contribution in [3.8, 4) is 0 Å². The third-order valence-corrected chi connectivity index (χ3v) is 4.83. The molecule has 1 aromatic rings. The van der Waals surface area contributed by atoms with Gasteiger partial charge in [0.25, 0.3) is 0 Å². The van der Waals surface area contributed by atoms with E-state index in [4.69, 9.17) is 4.74 Å². The van der Waals surface area contributed by atoms with Gasteiger partial charge in [0.05, 0.1) is 12.7 Å². The van der Waals surface area contributed by atoms with E-state index in [1.165, 1.54) is 25.5 Å². The lowest BCUT2D eigenvalue weighted by Gasteiger charge is -2.35. The van der Waals surface area contributed by atoms with E-state index in [0.717, 1.165) is 31.2 Å². The van der Waals surface area contributed by atoms with Crippen LogP contribution in [0.4, 0.5) is 4.39 Å². The van der Waals surface area contributed by atoms with Gasteiger partial charge in [-0.05, 0) is 37.4 Å². The first-order chi connectivity index (χ1) is 11.8. The number of hydrogen-bond acceptors (Lipinski definition) is 3. The highest BCUT2D eigenvalue weighted by atomic mass is 127. The predicted octanol–water partition coefficient (Wildman–Crippen LogP) is 2.01. The number of halogens is 2. The van der Waals surface area contributed by atoms with Crippen LogP contribution in [0, 0.1) is 5.82 Å². The van der Waals surface area contributed by atoms with Crippen LogP contribution < -0.4 is 10.6 Å². The Kier molecular flexibility index (Phi) is 8.38. The Labute approximate surface area is 166 Å². The molecule has 2 aliphatic heterocycles. The SMILES string of the molecule is CN=C(NCCc1ccccc1F)NCC1CN2CCCC2CO1.I. The lowest BCUT2D eigenvalue weighted by Crippen LogP contribution is -2.51. The highest BCUT2D eigenvalue weighted by molar-refractivity contribution is 14.0. The molecule has 0 aliphatic carbocycles. The standard InChI is InChI=1S/C18H27FN4O.HI/c1-20-18(21-9-8-14-5-2-3-7-17(14)19)22-11-16-12-23-10-4-6-15(23)13-24-16;/h2-3,5,7,15-16H,4,6,8-13H2,1H3,(H2,20,21,22);1H. The molecule has 25 heavy (non-hydrogen) atoms. The van der Waals surface area contributed by atoms with Crippen molar-refractivity contribution >= 4 is 29.9 Å². The van der Waals surface area contributed by atoms with Crippen LogP contribution in [0.5, 0.6) is 0 Å². The number of guanidine groups is 1. The van der Waals surface area contributed by atoms with Crippen LogP contribution >= 0.6 is 24.0 Å². The maximum atomic E-state index is 13.6. The molecule has 1 aromatic carbocycles. The number of benzene rings is 1. The van der Waals surface area contributed by atoms with E-state index >= 15 is 0 Å². The van der Waals surface area contributed by atoms with Crippen LogP contribution in [0.3, 0.4) is 0 Å². The molecule has 0 spiro atoms. The number of nitrogens with one attached hydrogen (secondary N) is 2. The molecule has 3 rings (SSSR count). The average Bonchev–Trinajstić information content (AvgIpc) is 3.07. The van der Waals surface area contributed by atoms with E-state index in [0.29, 0.717) is 19.0 Å². The van der Waals surface area contributed by atoms with Gasteiger partial charge in [-0.1, -0.05) is 18.2 Å². The van der Waals surface area contributed by atoms with Crippen molar-refractivity contribution in [2.75, 3.05) is 39.8 Å². The molecule has 2 N–H and O–H groups in total. The van der Waals surface area contributed by atoms with Crippen molar-refractivity contribution in [2.24, 2.45) is 4.99 Å². The fourth-order valence-electron chi connectivity index (χ4n) is 3.46. The maximum absolute atomic E-state index is 13.6. The molecule has 5 nitrogen and oxygen atoms in total. The van der Waals surface area contributed by atoms with Gasteiger partial charge >= 0.3 is 0 Å². The zero-order chi connectivity index (χ0) is 16.8. The topological polar surface area (TPSA) is 48.9 Å². The number of rotatable bonds is 5. The summed E-state index contributed by atoms with van der Waals surface area (Å²) in [7, 11) is 1.75. The minimum absolute atomic E-state index is 0. The second-order valence-corrected chi connectivity index (χ2v) is 6.47. The largest absolute Gasteiger partial charge is 0.373 e. The summed E-state index contributed by atoms with van der Waals surface area (Å²) in [4.78, 5) is 6.76. The van der Waals surface area contributed by atoms with Crippen LogP contribution in [0.1, 0.15) is 18.4 Å². The summed E-state index contributed by atoms with van der Waals surface area (Å²) >= 11 is 0. The third-order valence-electron chi connectivity index (χ3n) is 4.83. The van der Waals surface area contributed by atoms with Crippen molar-refractivity contribution in [2.45, 2.75) is 31.4 Å². The van der Waals surface area contributed by atoms with Crippen LogP contribution in [0.2, 0.25) is 0 Å². The smallest absolute Gasteiger partial charge is 0.191 e. The van der Waals surface area contributed by atoms with Gasteiger partial charge in [0.2, 0.25) is 0 Å². The molecule has 2 fully saturated rings. The normalized spacial score (nSPS) is 23.7. The van der Waals surface area contributed by atoms with E-state index in [-0.39, 0.29) is 35.9 Å². The Bertz CT molecular complexity index is 572. The zero-order valence-corrected chi connectivity index (χ0v) is 17.0. The van der Waals surface area contributed by atoms with Crippen molar-refractivity contribution in [3.05, 3.63) is 35.6 Å². The minimum atomic E-state index is -0.155. The molecule has 0 bridgehead atoms. The Balaban J connectivity index is 0.00000225. The molecule has 7 heteroatoms. The molecule has 0 saturated carbocycles. The van der Waals surface area contributed by atoms with E-state index in [2.05, 4.69) is 20.5 Å². The molecule has 0 amide bonds. The Hall–Kier alpha value is -0.930. The fraction of sp³-hybridized carbons (Fsp3) is 0.611. The van der Waals surface area contributed by atoms with E-state index in [1.807, 2.05) is 12.1 Å². The van der Waals surface area contributed by atoms with Gasteiger partial charge in [-0.2, -0.15) is 0 Å². The minimum Gasteiger partial charge on any atom is -0.373 e. The molecule has 2 atom stereocenters. The number of nitrogens with zero attached hydrogens (tertiary/aromatic N) is 2. The maximum Gasteiger partial charge on any atom is 0.191 e. The number of hydrogen-bond donors (Lipinski definition) is 2. The number of fused-ring (bicyclic) bond motifs is 1.